The molecule has 0 aliphatic heterocycles. The fraction of sp³-hybridized carbons (Fsp3) is 0.286. The first-order valence-corrected chi connectivity index (χ1v) is 10.1. The van der Waals surface area contributed by atoms with E-state index in [2.05, 4.69) is 10.2 Å². The van der Waals surface area contributed by atoms with E-state index in [1.165, 1.54) is 0 Å². The number of nitrogens with zero attached hydrogens (tertiary/aromatic N) is 3. The zero-order chi connectivity index (χ0) is 21.5. The van der Waals surface area contributed by atoms with Gasteiger partial charge in [-0.25, -0.2) is 8.78 Å². The first-order valence-electron chi connectivity index (χ1n) is 9.25. The van der Waals surface area contributed by atoms with Gasteiger partial charge in [0.05, 0.1) is 17.4 Å². The average molecular weight is 431 g/mol. The van der Waals surface area contributed by atoms with E-state index in [-0.39, 0.29) is 15.9 Å². The molecule has 2 aromatic carbocycles. The molecule has 30 heavy (non-hydrogen) atoms. The van der Waals surface area contributed by atoms with Crippen molar-refractivity contribution in [1.29, 1.82) is 0 Å². The van der Waals surface area contributed by atoms with Crippen LogP contribution in [0.1, 0.15) is 34.6 Å². The third-order valence-electron chi connectivity index (χ3n) is 5.31. The summed E-state index contributed by atoms with van der Waals surface area (Å²) in [7, 11) is 3.37. The van der Waals surface area contributed by atoms with E-state index in [0.29, 0.717) is 5.16 Å². The first kappa shape index (κ1) is 20.5. The summed E-state index contributed by atoms with van der Waals surface area (Å²) < 4.78 is 35.9. The number of aromatic nitrogens is 3. The van der Waals surface area contributed by atoms with Crippen LogP contribution in [0, 0.1) is 11.6 Å². The molecule has 1 fully saturated rings. The fourth-order valence-corrected chi connectivity index (χ4v) is 4.30. The van der Waals surface area contributed by atoms with Crippen LogP contribution in [0.15, 0.2) is 46.5 Å². The van der Waals surface area contributed by atoms with Gasteiger partial charge in [-0.3, -0.25) is 4.79 Å². The van der Waals surface area contributed by atoms with Crippen LogP contribution in [0.2, 0.25) is 0 Å². The van der Waals surface area contributed by atoms with Gasteiger partial charge in [0.2, 0.25) is 0 Å². The Morgan fingerprint density at radius 1 is 1.20 bits per heavy atom. The summed E-state index contributed by atoms with van der Waals surface area (Å²) in [4.78, 5) is 11.2. The average Bonchev–Trinajstić information content (AvgIpc) is 3.47. The lowest BCUT2D eigenvalue weighted by Crippen LogP contribution is -2.15. The molecule has 1 N–H and O–H groups in total. The highest BCUT2D eigenvalue weighted by Crippen LogP contribution is 2.53. The van der Waals surface area contributed by atoms with E-state index >= 15 is 0 Å². The van der Waals surface area contributed by atoms with Crippen molar-refractivity contribution in [3.8, 4) is 5.75 Å². The van der Waals surface area contributed by atoms with Gasteiger partial charge in [0.15, 0.2) is 10.9 Å². The zero-order valence-corrected chi connectivity index (χ0v) is 17.2. The fourth-order valence-electron chi connectivity index (χ4n) is 3.50. The maximum Gasteiger partial charge on any atom is 0.196 e. The summed E-state index contributed by atoms with van der Waals surface area (Å²) in [6.45, 7) is -0.814. The van der Waals surface area contributed by atoms with Crippen molar-refractivity contribution in [2.24, 2.45) is 7.05 Å². The van der Waals surface area contributed by atoms with E-state index in [1.54, 1.807) is 18.7 Å². The number of halogens is 2. The monoisotopic (exact) mass is 431 g/mol. The van der Waals surface area contributed by atoms with Gasteiger partial charge in [-0.1, -0.05) is 12.1 Å². The molecule has 0 radical (unpaired) electrons. The van der Waals surface area contributed by atoms with E-state index in [0.717, 1.165) is 53.9 Å². The van der Waals surface area contributed by atoms with Gasteiger partial charge >= 0.3 is 0 Å². The van der Waals surface area contributed by atoms with Gasteiger partial charge in [0.25, 0.3) is 0 Å². The third-order valence-corrected chi connectivity index (χ3v) is 6.44. The molecule has 0 amide bonds. The van der Waals surface area contributed by atoms with E-state index in [9.17, 15) is 13.6 Å². The number of hydrogen-bond acceptors (Lipinski definition) is 6. The molecule has 6 nitrogen and oxygen atoms in total. The maximum absolute atomic E-state index is 14.5. The van der Waals surface area contributed by atoms with Crippen molar-refractivity contribution in [2.75, 3.05) is 13.7 Å². The number of aliphatic hydroxyl groups excluding tert-OH is 1. The van der Waals surface area contributed by atoms with Gasteiger partial charge < -0.3 is 14.4 Å². The predicted molar refractivity (Wildman–Crippen MR) is 106 cm³/mol. The van der Waals surface area contributed by atoms with Crippen LogP contribution >= 0.6 is 11.8 Å². The molecule has 0 spiro atoms. The largest absolute Gasteiger partial charge is 0.497 e. The van der Waals surface area contributed by atoms with Gasteiger partial charge in [-0.2, -0.15) is 0 Å². The van der Waals surface area contributed by atoms with Gasteiger partial charge in [-0.15, -0.1) is 10.2 Å². The Morgan fingerprint density at radius 2 is 1.83 bits per heavy atom. The Balaban J connectivity index is 1.64. The maximum atomic E-state index is 14.5. The topological polar surface area (TPSA) is 77.2 Å². The van der Waals surface area contributed by atoms with Crippen LogP contribution in [0.5, 0.6) is 5.75 Å². The highest BCUT2D eigenvalue weighted by Gasteiger charge is 2.50. The first-order chi connectivity index (χ1) is 14.4. The highest BCUT2D eigenvalue weighted by molar-refractivity contribution is 7.99. The number of methoxy groups -OCH3 is 1. The van der Waals surface area contributed by atoms with Crippen molar-refractivity contribution < 1.29 is 23.4 Å². The lowest BCUT2D eigenvalue weighted by atomic mass is 9.95. The molecule has 1 heterocycles. The van der Waals surface area contributed by atoms with Crippen LogP contribution in [-0.4, -0.2) is 39.4 Å². The van der Waals surface area contributed by atoms with Crippen LogP contribution in [0.25, 0.3) is 0 Å². The standard InChI is InChI=1S/C21H19F2N3O3S/c1-26-19(21(7-8-21)13-3-5-14(29-2)6-4-13)24-25-20(26)30-18-15(22)9-12(10-16(18)23)17(28)11-27/h3-6,9-10,27H,7-8,11H2,1-2H3. The normalized spacial score (nSPS) is 14.6. The van der Waals surface area contributed by atoms with Crippen LogP contribution in [-0.2, 0) is 12.5 Å². The molecular formula is C21H19F2N3O3S. The number of carbonyl (C=O) groups excluding carboxylic acids is 1. The number of carbonyl (C=O) groups is 1. The van der Waals surface area contributed by atoms with Crippen LogP contribution in [0.3, 0.4) is 0 Å². The van der Waals surface area contributed by atoms with Crippen LogP contribution in [0.4, 0.5) is 8.78 Å². The molecule has 4 rings (SSSR count). The molecule has 156 valence electrons. The molecule has 9 heteroatoms. The van der Waals surface area contributed by atoms with Gasteiger partial charge in [0.1, 0.15) is 29.8 Å². The number of ketones is 1. The molecule has 1 aromatic heterocycles. The minimum atomic E-state index is -0.891. The number of rotatable bonds is 7. The number of aliphatic hydroxyl groups is 1. The van der Waals surface area contributed by atoms with E-state index in [4.69, 9.17) is 9.84 Å². The molecular weight excluding hydrogens is 412 g/mol. The van der Waals surface area contributed by atoms with Crippen molar-refractivity contribution in [3.05, 3.63) is 65.0 Å². The Labute approximate surface area is 175 Å². The molecule has 0 saturated heterocycles. The molecule has 0 atom stereocenters. The van der Waals surface area contributed by atoms with Gasteiger partial charge in [-0.05, 0) is 54.4 Å². The van der Waals surface area contributed by atoms with E-state index < -0.39 is 24.0 Å². The minimum absolute atomic E-state index is 0.216. The smallest absolute Gasteiger partial charge is 0.196 e. The number of benzene rings is 2. The molecule has 1 aliphatic rings. The van der Waals surface area contributed by atoms with E-state index in [1.807, 2.05) is 24.3 Å². The predicted octanol–water partition coefficient (Wildman–Crippen LogP) is 3.51. The van der Waals surface area contributed by atoms with Gasteiger partial charge in [0, 0.05) is 12.6 Å². The summed E-state index contributed by atoms with van der Waals surface area (Å²) in [6, 6.07) is 9.60. The van der Waals surface area contributed by atoms with Crippen molar-refractivity contribution in [3.63, 3.8) is 0 Å². The molecule has 1 saturated carbocycles. The molecule has 1 aliphatic carbocycles. The lowest BCUT2D eigenvalue weighted by molar-refractivity contribution is 0.0902. The minimum Gasteiger partial charge on any atom is -0.497 e. The Morgan fingerprint density at radius 3 is 2.37 bits per heavy atom. The summed E-state index contributed by atoms with van der Waals surface area (Å²) in [6.07, 6.45) is 1.80. The second-order valence-electron chi connectivity index (χ2n) is 7.13. The summed E-state index contributed by atoms with van der Waals surface area (Å²) in [5.41, 5.74) is 0.591. The van der Waals surface area contributed by atoms with Crippen LogP contribution < -0.4 is 4.74 Å². The molecule has 3 aromatic rings. The second-order valence-corrected chi connectivity index (χ2v) is 8.11. The SMILES string of the molecule is COc1ccc(C2(c3nnc(Sc4c(F)cc(C(=O)CO)cc4F)n3C)CC2)cc1. The molecule has 0 bridgehead atoms. The van der Waals surface area contributed by atoms with Crippen molar-refractivity contribution in [2.45, 2.75) is 28.3 Å². The lowest BCUT2D eigenvalue weighted by Gasteiger charge is -2.16. The summed E-state index contributed by atoms with van der Waals surface area (Å²) in [5, 5.41) is 17.7. The Kier molecular flexibility index (Phi) is 5.33. The highest BCUT2D eigenvalue weighted by atomic mass is 32.2. The summed E-state index contributed by atoms with van der Waals surface area (Å²) >= 11 is 0.807. The van der Waals surface area contributed by atoms with Crippen molar-refractivity contribution in [1.82, 2.24) is 14.8 Å². The zero-order valence-electron chi connectivity index (χ0n) is 16.4. The number of Topliss-reactive ketones (excluding diaryl/α,β-unsaturated/α-hetero) is 1. The Bertz CT molecular complexity index is 1090. The third kappa shape index (κ3) is 3.48. The quantitative estimate of drug-likeness (QED) is 0.577. The second kappa shape index (κ2) is 7.81. The Hall–Kier alpha value is -2.78. The number of ether oxygens (including phenoxy) is 1. The molecule has 0 unspecified atom stereocenters. The number of hydrogen-bond donors (Lipinski definition) is 1. The van der Waals surface area contributed by atoms with Crippen molar-refractivity contribution >= 4 is 17.5 Å². The summed E-state index contributed by atoms with van der Waals surface area (Å²) in [5.74, 6) is -1.04.